The molecule has 0 N–H and O–H groups in total. The molecule has 0 unspecified atom stereocenters. The maximum atomic E-state index is 13.0. The zero-order valence-corrected chi connectivity index (χ0v) is 8.88. The fourth-order valence-electron chi connectivity index (χ4n) is 1.46. The van der Waals surface area contributed by atoms with E-state index in [2.05, 4.69) is 9.97 Å². The predicted octanol–water partition coefficient (Wildman–Crippen LogP) is 2.49. The van der Waals surface area contributed by atoms with Gasteiger partial charge in [0.15, 0.2) is 5.82 Å². The second-order valence-electron chi connectivity index (χ2n) is 3.29. The van der Waals surface area contributed by atoms with Gasteiger partial charge in [-0.2, -0.15) is 9.37 Å². The predicted molar refractivity (Wildman–Crippen MR) is 62.5 cm³/mol. The van der Waals surface area contributed by atoms with Crippen LogP contribution in [0.1, 0.15) is 5.56 Å². The number of allylic oxidation sites excluding steroid dienone is 1. The fraction of sp³-hybridized carbons (Fsp3) is 0. The van der Waals surface area contributed by atoms with Gasteiger partial charge < -0.3 is 0 Å². The van der Waals surface area contributed by atoms with Crippen LogP contribution in [-0.2, 0) is 4.79 Å². The lowest BCUT2D eigenvalue weighted by atomic mass is 10.1. The second-order valence-corrected chi connectivity index (χ2v) is 3.29. The Morgan fingerprint density at radius 3 is 2.76 bits per heavy atom. The van der Waals surface area contributed by atoms with Crippen LogP contribution >= 0.6 is 0 Å². The van der Waals surface area contributed by atoms with Crippen LogP contribution in [0.3, 0.4) is 0 Å². The minimum absolute atomic E-state index is 0.302. The van der Waals surface area contributed by atoms with Crippen LogP contribution in [0.15, 0.2) is 42.6 Å². The van der Waals surface area contributed by atoms with Gasteiger partial charge in [0.05, 0.1) is 0 Å². The number of carbonyl (C=O) groups excluding carboxylic acids is 1. The third kappa shape index (κ3) is 2.60. The molecule has 17 heavy (non-hydrogen) atoms. The van der Waals surface area contributed by atoms with Crippen molar-refractivity contribution < 1.29 is 9.18 Å². The SMILES string of the molecule is O=C/C=C/c1ccccc1-c1nccc(F)n1. The third-order valence-electron chi connectivity index (χ3n) is 2.18. The normalized spacial score (nSPS) is 10.6. The van der Waals surface area contributed by atoms with Crippen molar-refractivity contribution >= 4 is 12.4 Å². The summed E-state index contributed by atoms with van der Waals surface area (Å²) >= 11 is 0. The van der Waals surface area contributed by atoms with Crippen LogP contribution in [0.5, 0.6) is 0 Å². The molecule has 0 aliphatic heterocycles. The maximum Gasteiger partial charge on any atom is 0.216 e. The Labute approximate surface area is 97.7 Å². The molecule has 0 spiro atoms. The van der Waals surface area contributed by atoms with E-state index < -0.39 is 5.95 Å². The summed E-state index contributed by atoms with van der Waals surface area (Å²) < 4.78 is 13.0. The monoisotopic (exact) mass is 228 g/mol. The number of hydrogen-bond donors (Lipinski definition) is 0. The average molecular weight is 228 g/mol. The fourth-order valence-corrected chi connectivity index (χ4v) is 1.46. The highest BCUT2D eigenvalue weighted by molar-refractivity contribution is 5.79. The van der Waals surface area contributed by atoms with Gasteiger partial charge >= 0.3 is 0 Å². The van der Waals surface area contributed by atoms with Crippen molar-refractivity contribution in [3.05, 3.63) is 54.1 Å². The zero-order chi connectivity index (χ0) is 12.1. The van der Waals surface area contributed by atoms with Gasteiger partial charge in [0, 0.05) is 17.8 Å². The average Bonchev–Trinajstić information content (AvgIpc) is 2.37. The summed E-state index contributed by atoms with van der Waals surface area (Å²) in [6.07, 6.45) is 5.05. The molecule has 0 bridgehead atoms. The van der Waals surface area contributed by atoms with Crippen molar-refractivity contribution in [2.75, 3.05) is 0 Å². The van der Waals surface area contributed by atoms with E-state index >= 15 is 0 Å². The number of carbonyl (C=O) groups is 1. The number of benzene rings is 1. The van der Waals surface area contributed by atoms with Gasteiger partial charge in [-0.3, -0.25) is 4.79 Å². The van der Waals surface area contributed by atoms with Crippen LogP contribution in [0.2, 0.25) is 0 Å². The van der Waals surface area contributed by atoms with E-state index in [1.807, 2.05) is 18.2 Å². The van der Waals surface area contributed by atoms with E-state index in [9.17, 15) is 9.18 Å². The molecule has 0 amide bonds. The lowest BCUT2D eigenvalue weighted by molar-refractivity contribution is -0.104. The second kappa shape index (κ2) is 5.12. The van der Waals surface area contributed by atoms with E-state index in [4.69, 9.17) is 0 Å². The van der Waals surface area contributed by atoms with Gasteiger partial charge in [-0.15, -0.1) is 0 Å². The molecule has 0 radical (unpaired) electrons. The van der Waals surface area contributed by atoms with Gasteiger partial charge in [-0.25, -0.2) is 4.98 Å². The Hall–Kier alpha value is -2.36. The van der Waals surface area contributed by atoms with Gasteiger partial charge in [0.25, 0.3) is 0 Å². The van der Waals surface area contributed by atoms with Gasteiger partial charge in [-0.05, 0) is 11.6 Å². The standard InChI is InChI=1S/C13H9FN2O/c14-12-7-8-15-13(16-12)11-6-2-1-4-10(11)5-3-9-17/h1-9H/b5-3+. The molecular formula is C13H9FN2O. The molecule has 0 fully saturated rings. The summed E-state index contributed by atoms with van der Waals surface area (Å²) in [6.45, 7) is 0. The van der Waals surface area contributed by atoms with E-state index in [0.29, 0.717) is 17.7 Å². The molecule has 0 aliphatic rings. The Morgan fingerprint density at radius 1 is 1.18 bits per heavy atom. The van der Waals surface area contributed by atoms with E-state index in [-0.39, 0.29) is 0 Å². The van der Waals surface area contributed by atoms with E-state index in [1.165, 1.54) is 18.3 Å². The van der Waals surface area contributed by atoms with Crippen molar-refractivity contribution in [3.63, 3.8) is 0 Å². The zero-order valence-electron chi connectivity index (χ0n) is 8.88. The molecule has 1 aromatic heterocycles. The first-order valence-corrected chi connectivity index (χ1v) is 5.01. The molecule has 0 saturated heterocycles. The number of aldehydes is 1. The van der Waals surface area contributed by atoms with Crippen molar-refractivity contribution in [1.29, 1.82) is 0 Å². The summed E-state index contributed by atoms with van der Waals surface area (Å²) in [7, 11) is 0. The van der Waals surface area contributed by atoms with Gasteiger partial charge in [0.1, 0.15) is 6.29 Å². The molecular weight excluding hydrogens is 219 g/mol. The Bertz CT molecular complexity index is 567. The lowest BCUT2D eigenvalue weighted by Gasteiger charge is -2.03. The lowest BCUT2D eigenvalue weighted by Crippen LogP contribution is -1.93. The Kier molecular flexibility index (Phi) is 3.35. The molecule has 2 rings (SSSR count). The summed E-state index contributed by atoms with van der Waals surface area (Å²) in [5, 5.41) is 0. The first kappa shape index (κ1) is 11.1. The number of aromatic nitrogens is 2. The molecule has 1 heterocycles. The highest BCUT2D eigenvalue weighted by Crippen LogP contribution is 2.20. The molecule has 0 aliphatic carbocycles. The molecule has 84 valence electrons. The van der Waals surface area contributed by atoms with E-state index in [0.717, 1.165) is 5.56 Å². The van der Waals surface area contributed by atoms with E-state index in [1.54, 1.807) is 12.1 Å². The van der Waals surface area contributed by atoms with Crippen LogP contribution in [0.4, 0.5) is 4.39 Å². The first-order valence-electron chi connectivity index (χ1n) is 5.01. The molecule has 4 heteroatoms. The molecule has 1 aromatic carbocycles. The summed E-state index contributed by atoms with van der Waals surface area (Å²) in [6, 6.07) is 8.41. The van der Waals surface area contributed by atoms with Gasteiger partial charge in [0.2, 0.25) is 5.95 Å². The smallest absolute Gasteiger partial charge is 0.216 e. The highest BCUT2D eigenvalue weighted by Gasteiger charge is 2.05. The van der Waals surface area contributed by atoms with Crippen molar-refractivity contribution in [2.24, 2.45) is 0 Å². The topological polar surface area (TPSA) is 42.9 Å². The quantitative estimate of drug-likeness (QED) is 0.460. The number of nitrogens with zero attached hydrogens (tertiary/aromatic N) is 2. The summed E-state index contributed by atoms with van der Waals surface area (Å²) in [5.41, 5.74) is 1.45. The largest absolute Gasteiger partial charge is 0.299 e. The number of rotatable bonds is 3. The van der Waals surface area contributed by atoms with Crippen LogP contribution in [0.25, 0.3) is 17.5 Å². The third-order valence-corrected chi connectivity index (χ3v) is 2.18. The summed E-state index contributed by atoms with van der Waals surface area (Å²) in [4.78, 5) is 18.0. The van der Waals surface area contributed by atoms with Crippen molar-refractivity contribution in [3.8, 4) is 11.4 Å². The van der Waals surface area contributed by atoms with Crippen LogP contribution in [-0.4, -0.2) is 16.3 Å². The molecule has 0 saturated carbocycles. The van der Waals surface area contributed by atoms with Crippen molar-refractivity contribution in [2.45, 2.75) is 0 Å². The molecule has 0 atom stereocenters. The minimum atomic E-state index is -0.579. The first-order chi connectivity index (χ1) is 8.31. The van der Waals surface area contributed by atoms with Crippen molar-refractivity contribution in [1.82, 2.24) is 9.97 Å². The minimum Gasteiger partial charge on any atom is -0.299 e. The highest BCUT2D eigenvalue weighted by atomic mass is 19.1. The number of halogens is 1. The molecule has 3 nitrogen and oxygen atoms in total. The summed E-state index contributed by atoms with van der Waals surface area (Å²) in [5.74, 6) is -0.277. The Balaban J connectivity index is 2.51. The van der Waals surface area contributed by atoms with Crippen LogP contribution < -0.4 is 0 Å². The number of hydrogen-bond acceptors (Lipinski definition) is 3. The van der Waals surface area contributed by atoms with Gasteiger partial charge in [-0.1, -0.05) is 30.3 Å². The van der Waals surface area contributed by atoms with Crippen LogP contribution in [0, 0.1) is 5.95 Å². The maximum absolute atomic E-state index is 13.0. The molecule has 2 aromatic rings. The Morgan fingerprint density at radius 2 is 2.00 bits per heavy atom.